The van der Waals surface area contributed by atoms with Gasteiger partial charge in [-0.2, -0.15) is 0 Å². The van der Waals surface area contributed by atoms with Crippen molar-refractivity contribution in [2.75, 3.05) is 19.8 Å². The molecule has 0 amide bonds. The first-order chi connectivity index (χ1) is 6.44. The third kappa shape index (κ3) is 1.58. The van der Waals surface area contributed by atoms with Gasteiger partial charge in [0.25, 0.3) is 0 Å². The summed E-state index contributed by atoms with van der Waals surface area (Å²) in [6.45, 7) is 9.24. The highest BCUT2D eigenvalue weighted by molar-refractivity contribution is 5.02. The maximum absolute atomic E-state index is 9.58. The van der Waals surface area contributed by atoms with E-state index >= 15 is 0 Å². The zero-order valence-electron chi connectivity index (χ0n) is 9.34. The Morgan fingerprint density at radius 2 is 2.00 bits per heavy atom. The summed E-state index contributed by atoms with van der Waals surface area (Å²) in [5, 5.41) is 13.1. The lowest BCUT2D eigenvalue weighted by molar-refractivity contribution is -0.115. The lowest BCUT2D eigenvalue weighted by atomic mass is 9.64. The van der Waals surface area contributed by atoms with Gasteiger partial charge in [0.1, 0.15) is 0 Å². The van der Waals surface area contributed by atoms with Crippen LogP contribution in [0.5, 0.6) is 0 Å². The van der Waals surface area contributed by atoms with Crippen molar-refractivity contribution in [2.45, 2.75) is 39.3 Å². The first-order valence-corrected chi connectivity index (χ1v) is 5.43. The fourth-order valence-corrected chi connectivity index (χ4v) is 2.17. The number of aliphatic hydroxyl groups is 1. The first-order valence-electron chi connectivity index (χ1n) is 5.43. The Labute approximate surface area is 85.8 Å². The zero-order chi connectivity index (χ0) is 10.4. The summed E-state index contributed by atoms with van der Waals surface area (Å²) in [6.07, 6.45) is 0.759. The van der Waals surface area contributed by atoms with Crippen LogP contribution in [0.1, 0.15) is 27.2 Å². The van der Waals surface area contributed by atoms with Crippen LogP contribution in [0.25, 0.3) is 0 Å². The predicted octanol–water partition coefficient (Wildman–Crippen LogP) is 0.772. The van der Waals surface area contributed by atoms with E-state index in [1.165, 1.54) is 0 Å². The Balaban J connectivity index is 1.77. The summed E-state index contributed by atoms with van der Waals surface area (Å²) in [7, 11) is 0. The average molecular weight is 199 g/mol. The van der Waals surface area contributed by atoms with Gasteiger partial charge in [0, 0.05) is 23.4 Å². The van der Waals surface area contributed by atoms with Crippen molar-refractivity contribution in [3.8, 4) is 0 Å². The molecule has 2 atom stereocenters. The third-order valence-corrected chi connectivity index (χ3v) is 3.89. The standard InChI is InChI=1S/C11H21NO2/c1-10(2)8(4-9(10)13)12-5-11(3)6-14-7-11/h8-9,12-13H,4-7H2,1-3H3. The maximum Gasteiger partial charge on any atom is 0.0621 e. The number of nitrogens with one attached hydrogen (secondary N) is 1. The summed E-state index contributed by atoms with van der Waals surface area (Å²) in [5.41, 5.74) is 0.373. The summed E-state index contributed by atoms with van der Waals surface area (Å²) in [6, 6.07) is 0.468. The molecule has 1 saturated carbocycles. The Hall–Kier alpha value is -0.120. The zero-order valence-corrected chi connectivity index (χ0v) is 9.34. The summed E-state index contributed by atoms with van der Waals surface area (Å²) < 4.78 is 5.21. The van der Waals surface area contributed by atoms with Gasteiger partial charge in [-0.15, -0.1) is 0 Å². The highest BCUT2D eigenvalue weighted by atomic mass is 16.5. The molecule has 3 nitrogen and oxygen atoms in total. The number of hydrogen-bond donors (Lipinski definition) is 2. The number of ether oxygens (including phenoxy) is 1. The van der Waals surface area contributed by atoms with Crippen LogP contribution in [-0.4, -0.2) is 37.0 Å². The largest absolute Gasteiger partial charge is 0.392 e. The number of rotatable bonds is 3. The van der Waals surface area contributed by atoms with E-state index in [1.807, 2.05) is 0 Å². The second-order valence-electron chi connectivity index (χ2n) is 5.81. The molecule has 3 heteroatoms. The molecule has 2 unspecified atom stereocenters. The van der Waals surface area contributed by atoms with Gasteiger partial charge in [-0.3, -0.25) is 0 Å². The molecule has 0 aromatic rings. The van der Waals surface area contributed by atoms with E-state index < -0.39 is 0 Å². The van der Waals surface area contributed by atoms with E-state index in [9.17, 15) is 5.11 Å². The molecule has 1 aliphatic carbocycles. The highest BCUT2D eigenvalue weighted by Crippen LogP contribution is 2.41. The maximum atomic E-state index is 9.58. The van der Waals surface area contributed by atoms with Crippen molar-refractivity contribution in [1.82, 2.24) is 5.32 Å². The molecule has 0 bridgehead atoms. The van der Waals surface area contributed by atoms with E-state index in [-0.39, 0.29) is 11.5 Å². The average Bonchev–Trinajstić information content (AvgIpc) is 2.09. The number of aliphatic hydroxyl groups excluding tert-OH is 1. The molecular weight excluding hydrogens is 178 g/mol. The second kappa shape index (κ2) is 3.19. The summed E-state index contributed by atoms with van der Waals surface area (Å²) in [4.78, 5) is 0. The Kier molecular flexibility index (Phi) is 2.37. The number of hydrogen-bond acceptors (Lipinski definition) is 3. The Morgan fingerprint density at radius 3 is 2.36 bits per heavy atom. The van der Waals surface area contributed by atoms with Crippen LogP contribution in [0.15, 0.2) is 0 Å². The minimum Gasteiger partial charge on any atom is -0.392 e. The fourth-order valence-electron chi connectivity index (χ4n) is 2.17. The van der Waals surface area contributed by atoms with Gasteiger partial charge < -0.3 is 15.2 Å². The Morgan fingerprint density at radius 1 is 1.36 bits per heavy atom. The molecule has 1 aliphatic heterocycles. The molecule has 0 aromatic heterocycles. The summed E-state index contributed by atoms with van der Waals surface area (Å²) in [5.74, 6) is 0. The molecule has 14 heavy (non-hydrogen) atoms. The van der Waals surface area contributed by atoms with Gasteiger partial charge >= 0.3 is 0 Å². The van der Waals surface area contributed by atoms with Gasteiger partial charge in [0.05, 0.1) is 19.3 Å². The van der Waals surface area contributed by atoms with Crippen LogP contribution >= 0.6 is 0 Å². The monoisotopic (exact) mass is 199 g/mol. The fraction of sp³-hybridized carbons (Fsp3) is 1.00. The van der Waals surface area contributed by atoms with E-state index in [4.69, 9.17) is 4.74 Å². The smallest absolute Gasteiger partial charge is 0.0621 e. The second-order valence-corrected chi connectivity index (χ2v) is 5.81. The van der Waals surface area contributed by atoms with Gasteiger partial charge in [0.2, 0.25) is 0 Å². The van der Waals surface area contributed by atoms with Crippen LogP contribution in [-0.2, 0) is 4.74 Å². The molecule has 2 fully saturated rings. The van der Waals surface area contributed by atoms with Crippen molar-refractivity contribution >= 4 is 0 Å². The first kappa shape index (κ1) is 10.4. The van der Waals surface area contributed by atoms with Gasteiger partial charge in [-0.1, -0.05) is 20.8 Å². The van der Waals surface area contributed by atoms with Crippen molar-refractivity contribution in [3.63, 3.8) is 0 Å². The topological polar surface area (TPSA) is 41.5 Å². The summed E-state index contributed by atoms with van der Waals surface area (Å²) >= 11 is 0. The van der Waals surface area contributed by atoms with Crippen molar-refractivity contribution in [3.05, 3.63) is 0 Å². The van der Waals surface area contributed by atoms with E-state index in [0.717, 1.165) is 26.2 Å². The molecule has 2 rings (SSSR count). The van der Waals surface area contributed by atoms with Crippen LogP contribution in [0.3, 0.4) is 0 Å². The lowest BCUT2D eigenvalue weighted by Crippen LogP contribution is -2.62. The van der Waals surface area contributed by atoms with E-state index in [2.05, 4.69) is 26.1 Å². The third-order valence-electron chi connectivity index (χ3n) is 3.89. The molecule has 1 heterocycles. The molecular formula is C11H21NO2. The highest BCUT2D eigenvalue weighted by Gasteiger charge is 2.47. The van der Waals surface area contributed by atoms with Crippen molar-refractivity contribution < 1.29 is 9.84 Å². The van der Waals surface area contributed by atoms with Gasteiger partial charge in [-0.25, -0.2) is 0 Å². The quantitative estimate of drug-likeness (QED) is 0.705. The van der Waals surface area contributed by atoms with Gasteiger partial charge in [0.15, 0.2) is 0 Å². The molecule has 2 N–H and O–H groups in total. The molecule has 0 aromatic carbocycles. The van der Waals surface area contributed by atoms with E-state index in [0.29, 0.717) is 11.5 Å². The Bertz CT molecular complexity index is 223. The van der Waals surface area contributed by atoms with Crippen LogP contribution in [0, 0.1) is 10.8 Å². The van der Waals surface area contributed by atoms with Crippen LogP contribution in [0.2, 0.25) is 0 Å². The molecule has 82 valence electrons. The minimum absolute atomic E-state index is 0.0426. The predicted molar refractivity (Wildman–Crippen MR) is 55.1 cm³/mol. The van der Waals surface area contributed by atoms with Crippen molar-refractivity contribution in [1.29, 1.82) is 0 Å². The lowest BCUT2D eigenvalue weighted by Gasteiger charge is -2.51. The van der Waals surface area contributed by atoms with E-state index in [1.54, 1.807) is 0 Å². The van der Waals surface area contributed by atoms with Gasteiger partial charge in [-0.05, 0) is 6.42 Å². The SMILES string of the molecule is CC1(CNC2CC(O)C2(C)C)COC1. The van der Waals surface area contributed by atoms with Crippen molar-refractivity contribution in [2.24, 2.45) is 10.8 Å². The molecule has 0 spiro atoms. The van der Waals surface area contributed by atoms with Crippen LogP contribution in [0.4, 0.5) is 0 Å². The molecule has 0 radical (unpaired) electrons. The molecule has 2 aliphatic rings. The molecule has 1 saturated heterocycles. The minimum atomic E-state index is -0.134. The van der Waals surface area contributed by atoms with Crippen LogP contribution < -0.4 is 5.32 Å². The normalized spacial score (nSPS) is 38.6.